The van der Waals surface area contributed by atoms with Crippen LogP contribution in [-0.2, 0) is 0 Å². The standard InChI is InChI=1S/C28H33N9O/c1-28(2)6-7-36(19-28)27(38)35-10-8-34(9-11-35)25-5-4-20(16-32-25)24-12-21(22(13-29)15-31-3)18-37-26(24)23(14-30)17-33-37/h4-5,12-13,15-18,29,31H,6-11,19H2,1-3H3/b22-15+,29-13?. The number of carbonyl (C=O) groups is 1. The molecule has 2 aliphatic rings. The van der Waals surface area contributed by atoms with Crippen molar-refractivity contribution in [3.63, 3.8) is 0 Å². The molecule has 2 N–H and O–H groups in total. The first-order valence-corrected chi connectivity index (χ1v) is 12.9. The fourth-order valence-corrected chi connectivity index (χ4v) is 5.28. The van der Waals surface area contributed by atoms with Crippen LogP contribution >= 0.6 is 0 Å². The molecule has 0 saturated carbocycles. The number of pyridine rings is 2. The first-order chi connectivity index (χ1) is 18.3. The SMILES string of the molecule is CN/C=C(\C=N)c1cc(-c2ccc(N3CCN(C(=O)N4CCC(C)(C)C4)CC3)nc2)c2c(C#N)cnn2c1. The van der Waals surface area contributed by atoms with Crippen molar-refractivity contribution in [2.24, 2.45) is 5.41 Å². The monoisotopic (exact) mass is 511 g/mol. The summed E-state index contributed by atoms with van der Waals surface area (Å²) in [5.41, 5.74) is 4.56. The van der Waals surface area contributed by atoms with Crippen LogP contribution in [0.5, 0.6) is 0 Å². The topological polar surface area (TPSA) is 117 Å². The van der Waals surface area contributed by atoms with Gasteiger partial charge in [0.15, 0.2) is 0 Å². The molecule has 0 aromatic carbocycles. The average molecular weight is 512 g/mol. The van der Waals surface area contributed by atoms with E-state index in [1.165, 1.54) is 6.21 Å². The van der Waals surface area contributed by atoms with Gasteiger partial charge in [-0.1, -0.05) is 13.8 Å². The Kier molecular flexibility index (Phi) is 6.76. The molecule has 0 spiro atoms. The predicted molar refractivity (Wildman–Crippen MR) is 148 cm³/mol. The van der Waals surface area contributed by atoms with E-state index in [-0.39, 0.29) is 11.4 Å². The van der Waals surface area contributed by atoms with Crippen LogP contribution in [0, 0.1) is 22.2 Å². The van der Waals surface area contributed by atoms with Crippen LogP contribution in [0.3, 0.4) is 0 Å². The highest BCUT2D eigenvalue weighted by Gasteiger charge is 2.35. The van der Waals surface area contributed by atoms with Crippen molar-refractivity contribution >= 4 is 29.2 Å². The summed E-state index contributed by atoms with van der Waals surface area (Å²) in [6, 6.07) is 8.33. The van der Waals surface area contributed by atoms with Crippen LogP contribution in [-0.4, -0.2) is 83.0 Å². The lowest BCUT2D eigenvalue weighted by atomic mass is 9.93. The Labute approximate surface area is 222 Å². The molecule has 5 rings (SSSR count). The van der Waals surface area contributed by atoms with E-state index in [0.717, 1.165) is 55.1 Å². The molecule has 0 radical (unpaired) electrons. The Morgan fingerprint density at radius 1 is 1.16 bits per heavy atom. The maximum absolute atomic E-state index is 13.0. The number of aromatic nitrogens is 3. The van der Waals surface area contributed by atoms with Crippen LogP contribution in [0.15, 0.2) is 43.0 Å². The third-order valence-corrected chi connectivity index (χ3v) is 7.40. The molecule has 2 aliphatic heterocycles. The molecule has 3 aromatic heterocycles. The molecule has 10 nitrogen and oxygen atoms in total. The van der Waals surface area contributed by atoms with Gasteiger partial charge in [0.1, 0.15) is 11.9 Å². The minimum absolute atomic E-state index is 0.146. The zero-order valence-corrected chi connectivity index (χ0v) is 22.1. The van der Waals surface area contributed by atoms with Crippen LogP contribution < -0.4 is 10.2 Å². The number of nitrogens with zero attached hydrogens (tertiary/aromatic N) is 7. The van der Waals surface area contributed by atoms with Gasteiger partial charge in [-0.3, -0.25) is 0 Å². The summed E-state index contributed by atoms with van der Waals surface area (Å²) in [6.45, 7) is 8.90. The second kappa shape index (κ2) is 10.2. The lowest BCUT2D eigenvalue weighted by Gasteiger charge is -2.37. The highest BCUT2D eigenvalue weighted by Crippen LogP contribution is 2.32. The van der Waals surface area contributed by atoms with Gasteiger partial charge in [0, 0.05) is 93.4 Å². The van der Waals surface area contributed by atoms with Crippen molar-refractivity contribution in [2.75, 3.05) is 51.2 Å². The number of piperazine rings is 1. The number of fused-ring (bicyclic) bond motifs is 1. The van der Waals surface area contributed by atoms with E-state index in [1.807, 2.05) is 40.4 Å². The molecule has 2 fully saturated rings. The smallest absolute Gasteiger partial charge is 0.320 e. The molecular weight excluding hydrogens is 478 g/mol. The number of rotatable bonds is 5. The summed E-state index contributed by atoms with van der Waals surface area (Å²) in [5, 5.41) is 24.8. The van der Waals surface area contributed by atoms with Crippen LogP contribution in [0.2, 0.25) is 0 Å². The van der Waals surface area contributed by atoms with Gasteiger partial charge < -0.3 is 25.4 Å². The van der Waals surface area contributed by atoms with Crippen molar-refractivity contribution in [1.82, 2.24) is 29.7 Å². The van der Waals surface area contributed by atoms with E-state index >= 15 is 0 Å². The second-order valence-corrected chi connectivity index (χ2v) is 10.6. The Balaban J connectivity index is 1.35. The van der Waals surface area contributed by atoms with Gasteiger partial charge in [0.25, 0.3) is 0 Å². The van der Waals surface area contributed by atoms with Crippen LogP contribution in [0.1, 0.15) is 31.4 Å². The molecule has 196 valence electrons. The molecule has 0 unspecified atom stereocenters. The van der Waals surface area contributed by atoms with Crippen molar-refractivity contribution < 1.29 is 4.79 Å². The highest BCUT2D eigenvalue weighted by atomic mass is 16.2. The van der Waals surface area contributed by atoms with E-state index in [4.69, 9.17) is 10.4 Å². The minimum atomic E-state index is 0.146. The molecule has 2 amide bonds. The molecule has 2 saturated heterocycles. The first kappa shape index (κ1) is 25.3. The predicted octanol–water partition coefficient (Wildman–Crippen LogP) is 3.45. The number of anilines is 1. The van der Waals surface area contributed by atoms with Crippen molar-refractivity contribution in [2.45, 2.75) is 20.3 Å². The van der Waals surface area contributed by atoms with E-state index in [2.05, 4.69) is 35.2 Å². The second-order valence-electron chi connectivity index (χ2n) is 10.6. The molecule has 38 heavy (non-hydrogen) atoms. The van der Waals surface area contributed by atoms with E-state index < -0.39 is 0 Å². The number of nitrogens with one attached hydrogen (secondary N) is 2. The number of carbonyl (C=O) groups excluding carboxylic acids is 1. The quantitative estimate of drug-likeness (QED) is 0.507. The van der Waals surface area contributed by atoms with Crippen LogP contribution in [0.4, 0.5) is 10.6 Å². The summed E-state index contributed by atoms with van der Waals surface area (Å²) in [6.07, 6.45) is 9.28. The summed E-state index contributed by atoms with van der Waals surface area (Å²) in [5.74, 6) is 0.861. The lowest BCUT2D eigenvalue weighted by molar-refractivity contribution is 0.155. The van der Waals surface area contributed by atoms with Crippen molar-refractivity contribution in [1.29, 1.82) is 10.7 Å². The maximum atomic E-state index is 13.0. The fraction of sp³-hybridized carbons (Fsp3) is 0.393. The molecule has 0 bridgehead atoms. The van der Waals surface area contributed by atoms with Gasteiger partial charge in [-0.25, -0.2) is 14.3 Å². The van der Waals surface area contributed by atoms with Gasteiger partial charge in [-0.05, 0) is 30.0 Å². The summed E-state index contributed by atoms with van der Waals surface area (Å²) < 4.78 is 1.68. The Morgan fingerprint density at radius 2 is 1.95 bits per heavy atom. The van der Waals surface area contributed by atoms with Gasteiger partial charge in [0.05, 0.1) is 17.3 Å². The van der Waals surface area contributed by atoms with Gasteiger partial charge in [-0.2, -0.15) is 10.4 Å². The normalized spacial score (nSPS) is 17.5. The molecule has 3 aromatic rings. The highest BCUT2D eigenvalue weighted by molar-refractivity contribution is 6.08. The number of likely N-dealkylation sites (tertiary alicyclic amines) is 1. The first-order valence-electron chi connectivity index (χ1n) is 12.9. The van der Waals surface area contributed by atoms with Gasteiger partial charge >= 0.3 is 6.03 Å². The van der Waals surface area contributed by atoms with E-state index in [9.17, 15) is 10.1 Å². The lowest BCUT2D eigenvalue weighted by Crippen LogP contribution is -2.52. The average Bonchev–Trinajstić information content (AvgIpc) is 3.53. The number of amides is 2. The van der Waals surface area contributed by atoms with E-state index in [1.54, 1.807) is 24.0 Å². The largest absolute Gasteiger partial charge is 0.393 e. The number of nitriles is 1. The molecule has 5 heterocycles. The zero-order valence-electron chi connectivity index (χ0n) is 22.1. The molecular formula is C28H33N9O. The van der Waals surface area contributed by atoms with Gasteiger partial charge in [-0.15, -0.1) is 0 Å². The minimum Gasteiger partial charge on any atom is -0.393 e. The fourth-order valence-electron chi connectivity index (χ4n) is 5.28. The zero-order chi connectivity index (χ0) is 26.9. The summed E-state index contributed by atoms with van der Waals surface area (Å²) in [7, 11) is 1.79. The summed E-state index contributed by atoms with van der Waals surface area (Å²) >= 11 is 0. The summed E-state index contributed by atoms with van der Waals surface area (Å²) in [4.78, 5) is 23.9. The number of hydrogen-bond donors (Lipinski definition) is 2. The Hall–Kier alpha value is -4.39. The van der Waals surface area contributed by atoms with Crippen molar-refractivity contribution in [3.05, 3.63) is 54.1 Å². The number of hydrogen-bond acceptors (Lipinski definition) is 7. The third kappa shape index (κ3) is 4.79. The molecule has 0 atom stereocenters. The maximum Gasteiger partial charge on any atom is 0.320 e. The number of urea groups is 1. The number of allylic oxidation sites excluding steroid dienone is 1. The Morgan fingerprint density at radius 3 is 2.55 bits per heavy atom. The van der Waals surface area contributed by atoms with E-state index in [0.29, 0.717) is 29.7 Å². The third-order valence-electron chi connectivity index (χ3n) is 7.40. The Bertz CT molecular complexity index is 1420. The van der Waals surface area contributed by atoms with Crippen LogP contribution in [0.25, 0.3) is 22.2 Å². The molecule has 10 heteroatoms. The molecule has 0 aliphatic carbocycles. The van der Waals surface area contributed by atoms with Gasteiger partial charge in [0.2, 0.25) is 0 Å². The van der Waals surface area contributed by atoms with Crippen molar-refractivity contribution in [3.8, 4) is 17.2 Å².